The third kappa shape index (κ3) is 4.41. The van der Waals surface area contributed by atoms with Crippen molar-refractivity contribution in [1.29, 1.82) is 0 Å². The van der Waals surface area contributed by atoms with E-state index in [4.69, 9.17) is 0 Å². The highest BCUT2D eigenvalue weighted by Crippen LogP contribution is 2.30. The lowest BCUT2D eigenvalue weighted by Gasteiger charge is -2.31. The van der Waals surface area contributed by atoms with Crippen LogP contribution in [0.3, 0.4) is 0 Å². The molecule has 1 saturated carbocycles. The van der Waals surface area contributed by atoms with E-state index in [-0.39, 0.29) is 0 Å². The molecule has 6 heteroatoms. The summed E-state index contributed by atoms with van der Waals surface area (Å²) in [5.41, 5.74) is 0. The molecule has 2 aliphatic rings. The minimum atomic E-state index is -3.04. The minimum Gasteiger partial charge on any atom is -0.396 e. The van der Waals surface area contributed by atoms with Gasteiger partial charge in [0.15, 0.2) is 0 Å². The Morgan fingerprint density at radius 1 is 1.15 bits per heavy atom. The fraction of sp³-hybridized carbons (Fsp3) is 1.00. The van der Waals surface area contributed by atoms with Gasteiger partial charge in [0.1, 0.15) is 0 Å². The number of hydrogen-bond donors (Lipinski definition) is 2. The SMILES string of the molecule is CS(=O)(=O)N1CCCC(CNCC2CCCC2CO)C1. The summed E-state index contributed by atoms with van der Waals surface area (Å²) in [6.07, 6.45) is 6.94. The van der Waals surface area contributed by atoms with Gasteiger partial charge in [0.05, 0.1) is 6.26 Å². The standard InChI is InChI=1S/C14H28N2O3S/c1-20(18,19)16-7-3-4-12(10-16)8-15-9-13-5-2-6-14(13)11-17/h12-15,17H,2-11H2,1H3. The maximum atomic E-state index is 11.6. The highest BCUT2D eigenvalue weighted by Gasteiger charge is 2.28. The maximum absolute atomic E-state index is 11.6. The number of piperidine rings is 1. The van der Waals surface area contributed by atoms with Gasteiger partial charge in [-0.05, 0) is 56.5 Å². The number of rotatable bonds is 6. The Hall–Kier alpha value is -0.170. The summed E-state index contributed by atoms with van der Waals surface area (Å²) < 4.78 is 24.8. The van der Waals surface area contributed by atoms with Gasteiger partial charge in [0.2, 0.25) is 10.0 Å². The van der Waals surface area contributed by atoms with Crippen LogP contribution < -0.4 is 5.32 Å². The molecule has 118 valence electrons. The molecule has 1 heterocycles. The Morgan fingerprint density at radius 3 is 2.60 bits per heavy atom. The first-order chi connectivity index (χ1) is 9.50. The molecule has 2 fully saturated rings. The van der Waals surface area contributed by atoms with Crippen LogP contribution in [0.5, 0.6) is 0 Å². The van der Waals surface area contributed by atoms with Crippen LogP contribution in [0.1, 0.15) is 32.1 Å². The first kappa shape index (κ1) is 16.2. The molecule has 1 aliphatic carbocycles. The number of aliphatic hydroxyl groups excluding tert-OH is 1. The summed E-state index contributed by atoms with van der Waals surface area (Å²) in [7, 11) is -3.04. The first-order valence-electron chi connectivity index (χ1n) is 7.77. The van der Waals surface area contributed by atoms with Crippen LogP contribution in [0.2, 0.25) is 0 Å². The molecule has 0 aromatic heterocycles. The maximum Gasteiger partial charge on any atom is 0.211 e. The van der Waals surface area contributed by atoms with E-state index >= 15 is 0 Å². The van der Waals surface area contributed by atoms with Crippen molar-refractivity contribution < 1.29 is 13.5 Å². The van der Waals surface area contributed by atoms with E-state index in [1.807, 2.05) is 0 Å². The number of hydrogen-bond acceptors (Lipinski definition) is 4. The average Bonchev–Trinajstić information content (AvgIpc) is 2.86. The summed E-state index contributed by atoms with van der Waals surface area (Å²) >= 11 is 0. The summed E-state index contributed by atoms with van der Waals surface area (Å²) in [4.78, 5) is 0. The highest BCUT2D eigenvalue weighted by atomic mass is 32.2. The monoisotopic (exact) mass is 304 g/mol. The third-order valence-corrected chi connectivity index (χ3v) is 6.11. The van der Waals surface area contributed by atoms with Gasteiger partial charge in [-0.15, -0.1) is 0 Å². The van der Waals surface area contributed by atoms with Gasteiger partial charge < -0.3 is 10.4 Å². The van der Waals surface area contributed by atoms with Crippen molar-refractivity contribution in [2.45, 2.75) is 32.1 Å². The molecular formula is C14H28N2O3S. The quantitative estimate of drug-likeness (QED) is 0.756. The van der Waals surface area contributed by atoms with Crippen molar-refractivity contribution in [1.82, 2.24) is 9.62 Å². The van der Waals surface area contributed by atoms with Crippen molar-refractivity contribution in [3.63, 3.8) is 0 Å². The second-order valence-electron chi connectivity index (χ2n) is 6.42. The molecule has 0 spiro atoms. The summed E-state index contributed by atoms with van der Waals surface area (Å²) in [6, 6.07) is 0. The molecule has 3 unspecified atom stereocenters. The van der Waals surface area contributed by atoms with Crippen LogP contribution in [0.15, 0.2) is 0 Å². The number of nitrogens with one attached hydrogen (secondary N) is 1. The fourth-order valence-electron chi connectivity index (χ4n) is 3.59. The van der Waals surface area contributed by atoms with Gasteiger partial charge in [0, 0.05) is 19.7 Å². The van der Waals surface area contributed by atoms with Gasteiger partial charge >= 0.3 is 0 Å². The van der Waals surface area contributed by atoms with Crippen molar-refractivity contribution in [3.05, 3.63) is 0 Å². The normalized spacial score (nSPS) is 32.6. The van der Waals surface area contributed by atoms with E-state index in [9.17, 15) is 13.5 Å². The van der Waals surface area contributed by atoms with E-state index < -0.39 is 10.0 Å². The van der Waals surface area contributed by atoms with E-state index in [0.717, 1.165) is 32.4 Å². The molecule has 0 amide bonds. The summed E-state index contributed by atoms with van der Waals surface area (Å²) in [5.74, 6) is 1.48. The number of nitrogens with zero attached hydrogens (tertiary/aromatic N) is 1. The Labute approximate surface area is 122 Å². The van der Waals surface area contributed by atoms with Crippen molar-refractivity contribution >= 4 is 10.0 Å². The molecule has 3 atom stereocenters. The van der Waals surface area contributed by atoms with Crippen LogP contribution in [-0.2, 0) is 10.0 Å². The Morgan fingerprint density at radius 2 is 1.90 bits per heavy atom. The van der Waals surface area contributed by atoms with Crippen LogP contribution in [0.4, 0.5) is 0 Å². The smallest absolute Gasteiger partial charge is 0.211 e. The van der Waals surface area contributed by atoms with Gasteiger partial charge in [-0.1, -0.05) is 6.42 Å². The largest absolute Gasteiger partial charge is 0.396 e. The van der Waals surface area contributed by atoms with E-state index in [2.05, 4.69) is 5.32 Å². The van der Waals surface area contributed by atoms with E-state index in [0.29, 0.717) is 37.5 Å². The summed E-state index contributed by atoms with van der Waals surface area (Å²) in [5, 5.41) is 12.8. The molecule has 0 bridgehead atoms. The molecule has 2 rings (SSSR count). The molecule has 2 N–H and O–H groups in total. The second kappa shape index (κ2) is 7.20. The molecule has 20 heavy (non-hydrogen) atoms. The lowest BCUT2D eigenvalue weighted by Crippen LogP contribution is -2.43. The molecular weight excluding hydrogens is 276 g/mol. The minimum absolute atomic E-state index is 0.303. The summed E-state index contributed by atoms with van der Waals surface area (Å²) in [6.45, 7) is 3.48. The zero-order chi connectivity index (χ0) is 14.6. The Kier molecular flexibility index (Phi) is 5.84. The zero-order valence-corrected chi connectivity index (χ0v) is 13.2. The van der Waals surface area contributed by atoms with Gasteiger partial charge in [0.25, 0.3) is 0 Å². The molecule has 1 aliphatic heterocycles. The van der Waals surface area contributed by atoms with Gasteiger partial charge in [-0.3, -0.25) is 0 Å². The van der Waals surface area contributed by atoms with Gasteiger partial charge in [-0.2, -0.15) is 0 Å². The van der Waals surface area contributed by atoms with Crippen LogP contribution in [-0.4, -0.2) is 56.9 Å². The molecule has 1 saturated heterocycles. The van der Waals surface area contributed by atoms with Crippen LogP contribution in [0.25, 0.3) is 0 Å². The average molecular weight is 304 g/mol. The fourth-order valence-corrected chi connectivity index (χ4v) is 4.53. The number of sulfonamides is 1. The van der Waals surface area contributed by atoms with Crippen LogP contribution >= 0.6 is 0 Å². The van der Waals surface area contributed by atoms with E-state index in [1.165, 1.54) is 19.1 Å². The topological polar surface area (TPSA) is 69.6 Å². The predicted octanol–water partition coefficient (Wildman–Crippen LogP) is 0.656. The molecule has 0 aromatic rings. The Bertz CT molecular complexity index is 399. The lowest BCUT2D eigenvalue weighted by molar-refractivity contribution is 0.189. The van der Waals surface area contributed by atoms with Crippen molar-refractivity contribution in [2.75, 3.05) is 39.0 Å². The Balaban J connectivity index is 1.71. The van der Waals surface area contributed by atoms with E-state index in [1.54, 1.807) is 4.31 Å². The zero-order valence-electron chi connectivity index (χ0n) is 12.4. The lowest BCUT2D eigenvalue weighted by atomic mass is 9.96. The molecule has 0 radical (unpaired) electrons. The highest BCUT2D eigenvalue weighted by molar-refractivity contribution is 7.88. The van der Waals surface area contributed by atoms with Crippen molar-refractivity contribution in [2.24, 2.45) is 17.8 Å². The molecule has 5 nitrogen and oxygen atoms in total. The second-order valence-corrected chi connectivity index (χ2v) is 8.40. The van der Waals surface area contributed by atoms with Gasteiger partial charge in [-0.25, -0.2) is 12.7 Å². The van der Waals surface area contributed by atoms with Crippen LogP contribution in [0, 0.1) is 17.8 Å². The number of aliphatic hydroxyl groups is 1. The first-order valence-corrected chi connectivity index (χ1v) is 9.62. The van der Waals surface area contributed by atoms with Crippen molar-refractivity contribution in [3.8, 4) is 0 Å². The predicted molar refractivity (Wildman–Crippen MR) is 79.9 cm³/mol. The third-order valence-electron chi connectivity index (χ3n) is 4.84. The molecule has 0 aromatic carbocycles.